The van der Waals surface area contributed by atoms with Crippen molar-refractivity contribution in [1.82, 2.24) is 4.98 Å². The number of carbonyl (C=O) groups is 1. The van der Waals surface area contributed by atoms with E-state index in [4.69, 9.17) is 22.7 Å². The van der Waals surface area contributed by atoms with Crippen molar-refractivity contribution in [3.05, 3.63) is 24.0 Å². The van der Waals surface area contributed by atoms with Crippen molar-refractivity contribution >= 4 is 28.9 Å². The number of hydrogen-bond donors (Lipinski definition) is 2. The number of hydrogen-bond acceptors (Lipinski definition) is 5. The first-order valence-electron chi connectivity index (χ1n) is 5.55. The molecule has 1 atom stereocenters. The van der Waals surface area contributed by atoms with E-state index in [0.717, 1.165) is 0 Å². The van der Waals surface area contributed by atoms with Gasteiger partial charge in [-0.2, -0.15) is 0 Å². The first kappa shape index (κ1) is 14.4. The molecule has 0 saturated carbocycles. The van der Waals surface area contributed by atoms with E-state index in [2.05, 4.69) is 10.3 Å². The quantitative estimate of drug-likeness (QED) is 0.619. The zero-order chi connectivity index (χ0) is 13.7. The van der Waals surface area contributed by atoms with Gasteiger partial charge in [0.15, 0.2) is 0 Å². The number of rotatable bonds is 5. The monoisotopic (exact) mass is 267 g/mol. The van der Waals surface area contributed by atoms with E-state index in [1.54, 1.807) is 18.5 Å². The molecule has 0 aliphatic heterocycles. The number of anilines is 1. The second kappa shape index (κ2) is 6.30. The molecule has 0 spiro atoms. The van der Waals surface area contributed by atoms with Crippen LogP contribution in [0.2, 0.25) is 0 Å². The molecule has 0 aliphatic rings. The highest BCUT2D eigenvalue weighted by molar-refractivity contribution is 7.80. The van der Waals surface area contributed by atoms with Crippen LogP contribution in [0.15, 0.2) is 18.5 Å². The van der Waals surface area contributed by atoms with Crippen molar-refractivity contribution in [2.75, 3.05) is 12.4 Å². The fourth-order valence-corrected chi connectivity index (χ4v) is 1.69. The van der Waals surface area contributed by atoms with Gasteiger partial charge in [0.25, 0.3) is 0 Å². The summed E-state index contributed by atoms with van der Waals surface area (Å²) in [7, 11) is 1.36. The second-order valence-electron chi connectivity index (χ2n) is 4.17. The number of thiocarbonyl (C=S) groups is 1. The van der Waals surface area contributed by atoms with Crippen molar-refractivity contribution in [1.29, 1.82) is 0 Å². The third-order valence-electron chi connectivity index (χ3n) is 2.52. The summed E-state index contributed by atoms with van der Waals surface area (Å²) in [5, 5.41) is 3.07. The second-order valence-corrected chi connectivity index (χ2v) is 4.61. The molecule has 0 radical (unpaired) electrons. The normalized spacial score (nSPS) is 12.0. The highest BCUT2D eigenvalue weighted by atomic mass is 32.1. The first-order chi connectivity index (χ1) is 8.47. The average molecular weight is 267 g/mol. The molecule has 5 nitrogen and oxygen atoms in total. The van der Waals surface area contributed by atoms with Crippen molar-refractivity contribution in [2.45, 2.75) is 19.9 Å². The predicted molar refractivity (Wildman–Crippen MR) is 74.4 cm³/mol. The van der Waals surface area contributed by atoms with E-state index >= 15 is 0 Å². The molecule has 6 heteroatoms. The Morgan fingerprint density at radius 1 is 1.56 bits per heavy atom. The van der Waals surface area contributed by atoms with Crippen LogP contribution in [-0.4, -0.2) is 29.1 Å². The summed E-state index contributed by atoms with van der Waals surface area (Å²) in [5.41, 5.74) is 6.92. The topological polar surface area (TPSA) is 77.2 Å². The minimum absolute atomic E-state index is 0.0665. The Morgan fingerprint density at radius 3 is 2.72 bits per heavy atom. The smallest absolute Gasteiger partial charge is 0.328 e. The number of methoxy groups -OCH3 is 1. The first-order valence-corrected chi connectivity index (χ1v) is 5.96. The maximum absolute atomic E-state index is 11.7. The molecule has 1 aromatic heterocycles. The Morgan fingerprint density at radius 2 is 2.22 bits per heavy atom. The van der Waals surface area contributed by atoms with E-state index in [9.17, 15) is 4.79 Å². The highest BCUT2D eigenvalue weighted by Crippen LogP contribution is 2.17. The molecule has 1 unspecified atom stereocenters. The Hall–Kier alpha value is -1.69. The van der Waals surface area contributed by atoms with Crippen LogP contribution in [0, 0.1) is 5.92 Å². The van der Waals surface area contributed by atoms with Gasteiger partial charge < -0.3 is 15.8 Å². The average Bonchev–Trinajstić information content (AvgIpc) is 2.34. The Balaban J connectivity index is 3.01. The van der Waals surface area contributed by atoms with Crippen LogP contribution < -0.4 is 11.1 Å². The van der Waals surface area contributed by atoms with Gasteiger partial charge in [0, 0.05) is 11.8 Å². The van der Waals surface area contributed by atoms with Crippen molar-refractivity contribution < 1.29 is 9.53 Å². The minimum Gasteiger partial charge on any atom is -0.467 e. The molecule has 0 fully saturated rings. The molecular weight excluding hydrogens is 250 g/mol. The third kappa shape index (κ3) is 3.40. The van der Waals surface area contributed by atoms with E-state index in [1.807, 2.05) is 13.8 Å². The Kier molecular flexibility index (Phi) is 5.03. The number of nitrogens with zero attached hydrogens (tertiary/aromatic N) is 1. The number of aromatic nitrogens is 1. The molecule has 0 bridgehead atoms. The molecule has 18 heavy (non-hydrogen) atoms. The van der Waals surface area contributed by atoms with Gasteiger partial charge in [-0.15, -0.1) is 0 Å². The van der Waals surface area contributed by atoms with Crippen molar-refractivity contribution in [2.24, 2.45) is 11.7 Å². The molecule has 1 heterocycles. The summed E-state index contributed by atoms with van der Waals surface area (Å²) in [6.45, 7) is 3.84. The van der Waals surface area contributed by atoms with Gasteiger partial charge in [-0.25, -0.2) is 4.79 Å². The van der Waals surface area contributed by atoms with Gasteiger partial charge in [-0.05, 0) is 12.0 Å². The van der Waals surface area contributed by atoms with E-state index in [0.29, 0.717) is 11.3 Å². The molecule has 0 amide bonds. The predicted octanol–water partition coefficient (Wildman–Crippen LogP) is 1.33. The molecule has 0 aromatic carbocycles. The molecule has 0 aliphatic carbocycles. The molecule has 1 rings (SSSR count). The molecular formula is C12H17N3O2S. The number of pyridine rings is 1. The van der Waals surface area contributed by atoms with E-state index < -0.39 is 6.04 Å². The number of nitrogens with one attached hydrogen (secondary N) is 1. The summed E-state index contributed by atoms with van der Waals surface area (Å²) >= 11 is 4.96. The number of ether oxygens (including phenoxy) is 1. The largest absolute Gasteiger partial charge is 0.467 e. The fraction of sp³-hybridized carbons (Fsp3) is 0.417. The number of carbonyl (C=O) groups excluding carboxylic acids is 1. The maximum Gasteiger partial charge on any atom is 0.328 e. The third-order valence-corrected chi connectivity index (χ3v) is 2.74. The zero-order valence-corrected chi connectivity index (χ0v) is 11.5. The molecule has 0 saturated heterocycles. The fourth-order valence-electron chi connectivity index (χ4n) is 1.52. The Bertz CT molecular complexity index is 449. The summed E-state index contributed by atoms with van der Waals surface area (Å²) in [6, 6.07) is 1.24. The van der Waals surface area contributed by atoms with Gasteiger partial charge in [-0.1, -0.05) is 26.1 Å². The van der Waals surface area contributed by atoms with Crippen molar-refractivity contribution in [3.63, 3.8) is 0 Å². The lowest BCUT2D eigenvalue weighted by Crippen LogP contribution is -2.36. The van der Waals surface area contributed by atoms with Gasteiger partial charge in [-0.3, -0.25) is 4.98 Å². The lowest BCUT2D eigenvalue weighted by atomic mass is 10.0. The summed E-state index contributed by atoms with van der Waals surface area (Å²) in [4.78, 5) is 15.9. The van der Waals surface area contributed by atoms with Gasteiger partial charge >= 0.3 is 5.97 Å². The van der Waals surface area contributed by atoms with Crippen LogP contribution in [0.5, 0.6) is 0 Å². The standard InChI is InChI=1S/C12H17N3O2S/c1-7(2)10(12(16)17-3)15-9-6-14-5-4-8(9)11(13)18/h4-7,10,15H,1-3H3,(H2,13,18). The van der Waals surface area contributed by atoms with Crippen LogP contribution in [0.1, 0.15) is 19.4 Å². The van der Waals surface area contributed by atoms with Crippen LogP contribution >= 0.6 is 12.2 Å². The zero-order valence-electron chi connectivity index (χ0n) is 10.6. The summed E-state index contributed by atoms with van der Waals surface area (Å²) < 4.78 is 4.76. The molecule has 1 aromatic rings. The summed E-state index contributed by atoms with van der Waals surface area (Å²) in [5.74, 6) is -0.264. The lowest BCUT2D eigenvalue weighted by Gasteiger charge is -2.22. The SMILES string of the molecule is COC(=O)C(Nc1cnccc1C(N)=S)C(C)C. The Labute approximate surface area is 112 Å². The van der Waals surface area contributed by atoms with Crippen LogP contribution in [0.25, 0.3) is 0 Å². The lowest BCUT2D eigenvalue weighted by molar-refractivity contribution is -0.142. The van der Waals surface area contributed by atoms with Gasteiger partial charge in [0.05, 0.1) is 19.0 Å². The van der Waals surface area contributed by atoms with Crippen LogP contribution in [0.4, 0.5) is 5.69 Å². The maximum atomic E-state index is 11.7. The number of nitrogens with two attached hydrogens (primary N) is 1. The number of esters is 1. The van der Waals surface area contributed by atoms with Gasteiger partial charge in [0.1, 0.15) is 11.0 Å². The van der Waals surface area contributed by atoms with Crippen LogP contribution in [0.3, 0.4) is 0 Å². The molecule has 3 N–H and O–H groups in total. The van der Waals surface area contributed by atoms with Gasteiger partial charge in [0.2, 0.25) is 0 Å². The van der Waals surface area contributed by atoms with Crippen molar-refractivity contribution in [3.8, 4) is 0 Å². The minimum atomic E-state index is -0.465. The van der Waals surface area contributed by atoms with Crippen LogP contribution in [-0.2, 0) is 9.53 Å². The highest BCUT2D eigenvalue weighted by Gasteiger charge is 2.23. The van der Waals surface area contributed by atoms with E-state index in [1.165, 1.54) is 7.11 Å². The molecule has 98 valence electrons. The summed E-state index contributed by atoms with van der Waals surface area (Å²) in [6.07, 6.45) is 3.19. The van der Waals surface area contributed by atoms with E-state index in [-0.39, 0.29) is 16.9 Å².